The van der Waals surface area contributed by atoms with Crippen LogP contribution in [0.15, 0.2) is 134 Å². The minimum Gasteiger partial charge on any atom is -0.462 e. The Bertz CT molecular complexity index is 1650. The van der Waals surface area contributed by atoms with Crippen LogP contribution in [0, 0.1) is 0 Å². The smallest absolute Gasteiger partial charge is 0.306 e. The highest BCUT2D eigenvalue weighted by atomic mass is 16.6. The fourth-order valence-electron chi connectivity index (χ4n) is 8.36. The summed E-state index contributed by atoms with van der Waals surface area (Å²) < 4.78 is 16.9. The van der Waals surface area contributed by atoms with E-state index >= 15 is 0 Å². The molecule has 0 spiro atoms. The molecule has 0 heterocycles. The van der Waals surface area contributed by atoms with Gasteiger partial charge in [-0.25, -0.2) is 0 Å². The van der Waals surface area contributed by atoms with Crippen molar-refractivity contribution < 1.29 is 28.6 Å². The molecule has 0 aromatic heterocycles. The van der Waals surface area contributed by atoms with E-state index in [1.165, 1.54) is 77.0 Å². The molecule has 1 atom stereocenters. The molecular weight excluding hydrogens is 949 g/mol. The van der Waals surface area contributed by atoms with Crippen LogP contribution in [-0.4, -0.2) is 37.2 Å². The predicted octanol–water partition coefficient (Wildman–Crippen LogP) is 21.8. The van der Waals surface area contributed by atoms with E-state index in [0.29, 0.717) is 19.3 Å². The van der Waals surface area contributed by atoms with Crippen molar-refractivity contribution in [1.82, 2.24) is 0 Å². The third kappa shape index (κ3) is 62.3. The van der Waals surface area contributed by atoms with Crippen molar-refractivity contribution in [3.05, 3.63) is 134 Å². The molecule has 0 aliphatic rings. The van der Waals surface area contributed by atoms with Gasteiger partial charge in [-0.15, -0.1) is 0 Å². The van der Waals surface area contributed by atoms with E-state index in [4.69, 9.17) is 14.2 Å². The number of hydrogen-bond donors (Lipinski definition) is 0. The number of allylic oxidation sites excluding steroid dienone is 22. The zero-order valence-corrected chi connectivity index (χ0v) is 49.9. The van der Waals surface area contributed by atoms with Crippen LogP contribution in [-0.2, 0) is 28.6 Å². The number of esters is 3. The normalized spacial score (nSPS) is 13.0. The van der Waals surface area contributed by atoms with Crippen LogP contribution in [0.2, 0.25) is 0 Å². The molecular formula is C71H116O6. The molecule has 0 fully saturated rings. The summed E-state index contributed by atoms with van der Waals surface area (Å²) >= 11 is 0. The Hall–Kier alpha value is -4.45. The van der Waals surface area contributed by atoms with Gasteiger partial charge in [0.05, 0.1) is 0 Å². The van der Waals surface area contributed by atoms with E-state index in [1.54, 1.807) is 0 Å². The van der Waals surface area contributed by atoms with Gasteiger partial charge in [0.1, 0.15) is 13.2 Å². The number of hydrogen-bond acceptors (Lipinski definition) is 6. The van der Waals surface area contributed by atoms with Gasteiger partial charge in [0.25, 0.3) is 0 Å². The van der Waals surface area contributed by atoms with E-state index in [-0.39, 0.29) is 31.1 Å². The van der Waals surface area contributed by atoms with Crippen LogP contribution < -0.4 is 0 Å². The second kappa shape index (κ2) is 64.1. The topological polar surface area (TPSA) is 78.9 Å². The average Bonchev–Trinajstić information content (AvgIpc) is 3.43. The maximum absolute atomic E-state index is 12.9. The first-order chi connectivity index (χ1) is 38.0. The van der Waals surface area contributed by atoms with E-state index in [0.717, 1.165) is 161 Å². The van der Waals surface area contributed by atoms with Crippen LogP contribution in [0.1, 0.15) is 278 Å². The lowest BCUT2D eigenvalue weighted by Crippen LogP contribution is -2.30. The molecule has 0 aliphatic carbocycles. The lowest BCUT2D eigenvalue weighted by Gasteiger charge is -2.18. The highest BCUT2D eigenvalue weighted by Crippen LogP contribution is 2.14. The van der Waals surface area contributed by atoms with Crippen molar-refractivity contribution in [2.24, 2.45) is 0 Å². The second-order valence-electron chi connectivity index (χ2n) is 20.6. The van der Waals surface area contributed by atoms with Crippen molar-refractivity contribution in [1.29, 1.82) is 0 Å². The lowest BCUT2D eigenvalue weighted by atomic mass is 10.1. The number of carbonyl (C=O) groups excluding carboxylic acids is 3. The monoisotopic (exact) mass is 1060 g/mol. The largest absolute Gasteiger partial charge is 0.462 e. The number of ether oxygens (including phenoxy) is 3. The maximum atomic E-state index is 12.9. The molecule has 0 aliphatic heterocycles. The molecule has 0 aromatic rings. The Morgan fingerprint density at radius 2 is 0.506 bits per heavy atom. The van der Waals surface area contributed by atoms with Gasteiger partial charge in [-0.1, -0.05) is 251 Å². The van der Waals surface area contributed by atoms with Gasteiger partial charge in [0, 0.05) is 19.3 Å². The summed E-state index contributed by atoms with van der Waals surface area (Å²) in [5.41, 5.74) is 0. The summed E-state index contributed by atoms with van der Waals surface area (Å²) in [6.45, 7) is 6.44. The van der Waals surface area contributed by atoms with Gasteiger partial charge in [0.2, 0.25) is 0 Å². The van der Waals surface area contributed by atoms with Crippen molar-refractivity contribution >= 4 is 17.9 Å². The van der Waals surface area contributed by atoms with Crippen LogP contribution in [0.5, 0.6) is 0 Å². The summed E-state index contributed by atoms with van der Waals surface area (Å²) in [7, 11) is 0. The Balaban J connectivity index is 4.37. The molecule has 6 heteroatoms. The third-order valence-corrected chi connectivity index (χ3v) is 13.1. The van der Waals surface area contributed by atoms with Crippen molar-refractivity contribution in [3.8, 4) is 0 Å². The van der Waals surface area contributed by atoms with Crippen LogP contribution in [0.4, 0.5) is 0 Å². The minimum absolute atomic E-state index is 0.0977. The lowest BCUT2D eigenvalue weighted by molar-refractivity contribution is -0.167. The Kier molecular flexibility index (Phi) is 60.4. The van der Waals surface area contributed by atoms with Crippen molar-refractivity contribution in [2.45, 2.75) is 284 Å². The zero-order chi connectivity index (χ0) is 55.7. The van der Waals surface area contributed by atoms with Crippen molar-refractivity contribution in [2.75, 3.05) is 13.2 Å². The number of carbonyl (C=O) groups is 3. The quantitative estimate of drug-likeness (QED) is 0.0261. The summed E-state index contributed by atoms with van der Waals surface area (Å²) in [5.74, 6) is -0.935. The number of rotatable bonds is 56. The van der Waals surface area contributed by atoms with Crippen LogP contribution >= 0.6 is 0 Å². The molecule has 0 bridgehead atoms. The number of unbranched alkanes of at least 4 members (excludes halogenated alkanes) is 23. The van der Waals surface area contributed by atoms with Gasteiger partial charge in [0.15, 0.2) is 6.10 Å². The van der Waals surface area contributed by atoms with Gasteiger partial charge in [-0.2, -0.15) is 0 Å². The zero-order valence-electron chi connectivity index (χ0n) is 49.9. The summed E-state index contributed by atoms with van der Waals surface area (Å²) in [4.78, 5) is 38.3. The minimum atomic E-state index is -0.801. The SMILES string of the molecule is CC/C=C\C/C=C\C/C=C\C/C=C\C/C=C\C/C=C\C/C=C\CCCCCCCCCC(=O)OCC(COC(=O)CCCCCCC/C=C\C/C=C\CCCCC)OC(=O)CCCCCCC/C=C\C/C=C\CCCCC. The van der Waals surface area contributed by atoms with E-state index < -0.39 is 6.10 Å². The van der Waals surface area contributed by atoms with E-state index in [1.807, 2.05) is 0 Å². The van der Waals surface area contributed by atoms with Crippen LogP contribution in [0.25, 0.3) is 0 Å². The fourth-order valence-corrected chi connectivity index (χ4v) is 8.36. The van der Waals surface area contributed by atoms with Gasteiger partial charge >= 0.3 is 17.9 Å². The van der Waals surface area contributed by atoms with Crippen LogP contribution in [0.3, 0.4) is 0 Å². The Morgan fingerprint density at radius 3 is 0.792 bits per heavy atom. The Labute approximate surface area is 475 Å². The molecule has 0 N–H and O–H groups in total. The first-order valence-corrected chi connectivity index (χ1v) is 31.7. The molecule has 0 saturated carbocycles. The van der Waals surface area contributed by atoms with Gasteiger partial charge < -0.3 is 14.2 Å². The van der Waals surface area contributed by atoms with E-state index in [9.17, 15) is 14.4 Å². The highest BCUT2D eigenvalue weighted by Gasteiger charge is 2.19. The van der Waals surface area contributed by atoms with Crippen molar-refractivity contribution in [3.63, 3.8) is 0 Å². The maximum Gasteiger partial charge on any atom is 0.306 e. The molecule has 77 heavy (non-hydrogen) atoms. The summed E-state index contributed by atoms with van der Waals surface area (Å²) in [6.07, 6.45) is 90.2. The molecule has 0 saturated heterocycles. The first-order valence-electron chi connectivity index (χ1n) is 31.7. The molecule has 0 amide bonds. The molecule has 6 nitrogen and oxygen atoms in total. The van der Waals surface area contributed by atoms with Gasteiger partial charge in [-0.3, -0.25) is 14.4 Å². The molecule has 0 radical (unpaired) electrons. The van der Waals surface area contributed by atoms with Gasteiger partial charge in [-0.05, 0) is 141 Å². The molecule has 436 valence electrons. The molecule has 1 unspecified atom stereocenters. The highest BCUT2D eigenvalue weighted by molar-refractivity contribution is 5.71. The Morgan fingerprint density at radius 1 is 0.273 bits per heavy atom. The predicted molar refractivity (Wildman–Crippen MR) is 334 cm³/mol. The standard InChI is InChI=1S/C71H116O6/c1-4-7-10-13-16-19-22-25-28-29-30-31-32-33-34-35-36-37-38-39-40-41-44-46-49-52-55-58-61-64-70(73)76-67-68(77-71(74)65-62-59-56-53-50-47-43-27-24-21-18-15-12-9-6-3)66-75-69(72)63-60-57-54-51-48-45-42-26-23-20-17-14-11-8-5-2/h7,10,16-21,25-28,30-31,33-34,36-37,39-40,42-43,68H,4-6,8-9,11-15,22-24,29,32,35,38,41,44-67H2,1-3H3/b10-7-,19-16-,20-17-,21-18-,28-25-,31-30-,34-33-,37-36-,40-39-,42-26-,43-27-. The first kappa shape index (κ1) is 72.5. The summed E-state index contributed by atoms with van der Waals surface area (Å²) in [5, 5.41) is 0. The summed E-state index contributed by atoms with van der Waals surface area (Å²) in [6, 6.07) is 0. The molecule has 0 rings (SSSR count). The van der Waals surface area contributed by atoms with E-state index in [2.05, 4.69) is 154 Å². The second-order valence-corrected chi connectivity index (χ2v) is 20.6. The fraction of sp³-hybridized carbons (Fsp3) is 0.648. The molecule has 0 aromatic carbocycles. The average molecular weight is 1070 g/mol. The third-order valence-electron chi connectivity index (χ3n) is 13.1.